The van der Waals surface area contributed by atoms with Gasteiger partial charge in [-0.1, -0.05) is 38.0 Å². The van der Waals surface area contributed by atoms with Gasteiger partial charge in [-0.15, -0.1) is 0 Å². The van der Waals surface area contributed by atoms with E-state index in [1.165, 1.54) is 18.4 Å². The van der Waals surface area contributed by atoms with Gasteiger partial charge in [0.2, 0.25) is 0 Å². The Bertz CT molecular complexity index is 455. The molecule has 0 bridgehead atoms. The largest absolute Gasteiger partial charge is 0.490 e. The minimum Gasteiger partial charge on any atom is -0.490 e. The Balaban J connectivity index is 1.59. The molecule has 0 aromatic heterocycles. The SMILES string of the molecule is CCCC1CCC(=O)C(CC2Cc3ccccc3O2)C1. The number of para-hydroxylation sites is 1. The number of benzene rings is 1. The second-order valence-corrected chi connectivity index (χ2v) is 6.38. The lowest BCUT2D eigenvalue weighted by Crippen LogP contribution is -2.29. The summed E-state index contributed by atoms with van der Waals surface area (Å²) in [6.45, 7) is 2.24. The third kappa shape index (κ3) is 2.89. The van der Waals surface area contributed by atoms with Gasteiger partial charge in [0.1, 0.15) is 17.6 Å². The molecule has 2 heteroatoms. The Morgan fingerprint density at radius 3 is 2.95 bits per heavy atom. The first-order valence-corrected chi connectivity index (χ1v) is 8.03. The maximum atomic E-state index is 12.1. The molecule has 1 aliphatic heterocycles. The number of rotatable bonds is 4. The number of carbonyl (C=O) groups excluding carboxylic acids is 1. The topological polar surface area (TPSA) is 26.3 Å². The van der Waals surface area contributed by atoms with Crippen molar-refractivity contribution in [1.82, 2.24) is 0 Å². The van der Waals surface area contributed by atoms with Crippen LogP contribution >= 0.6 is 0 Å². The summed E-state index contributed by atoms with van der Waals surface area (Å²) in [7, 11) is 0. The highest BCUT2D eigenvalue weighted by Gasteiger charge is 2.33. The van der Waals surface area contributed by atoms with E-state index >= 15 is 0 Å². The van der Waals surface area contributed by atoms with Gasteiger partial charge in [0, 0.05) is 18.8 Å². The summed E-state index contributed by atoms with van der Waals surface area (Å²) < 4.78 is 6.00. The highest BCUT2D eigenvalue weighted by molar-refractivity contribution is 5.81. The Morgan fingerprint density at radius 1 is 1.30 bits per heavy atom. The summed E-state index contributed by atoms with van der Waals surface area (Å²) in [6.07, 6.45) is 7.58. The van der Waals surface area contributed by atoms with Crippen LogP contribution in [-0.4, -0.2) is 11.9 Å². The van der Waals surface area contributed by atoms with E-state index in [0.717, 1.165) is 43.8 Å². The average molecular weight is 272 g/mol. The van der Waals surface area contributed by atoms with Gasteiger partial charge < -0.3 is 4.74 Å². The quantitative estimate of drug-likeness (QED) is 0.822. The molecule has 1 aliphatic carbocycles. The van der Waals surface area contributed by atoms with Crippen molar-refractivity contribution in [3.8, 4) is 5.75 Å². The van der Waals surface area contributed by atoms with Crippen molar-refractivity contribution in [2.24, 2.45) is 11.8 Å². The third-order valence-electron chi connectivity index (χ3n) is 4.83. The smallest absolute Gasteiger partial charge is 0.136 e. The van der Waals surface area contributed by atoms with E-state index in [1.54, 1.807) is 0 Å². The predicted molar refractivity (Wildman–Crippen MR) is 79.9 cm³/mol. The second-order valence-electron chi connectivity index (χ2n) is 6.38. The number of ether oxygens (including phenoxy) is 1. The molecule has 0 N–H and O–H groups in total. The molecule has 3 rings (SSSR count). The van der Waals surface area contributed by atoms with E-state index in [-0.39, 0.29) is 12.0 Å². The fourth-order valence-corrected chi connectivity index (χ4v) is 3.80. The Kier molecular flexibility index (Phi) is 4.09. The number of hydrogen-bond donors (Lipinski definition) is 0. The Hall–Kier alpha value is -1.31. The van der Waals surface area contributed by atoms with Crippen LogP contribution < -0.4 is 4.74 Å². The van der Waals surface area contributed by atoms with E-state index in [2.05, 4.69) is 19.1 Å². The molecule has 20 heavy (non-hydrogen) atoms. The molecule has 1 fully saturated rings. The standard InChI is InChI=1S/C18H24O2/c1-2-5-13-8-9-17(19)15(10-13)12-16-11-14-6-3-4-7-18(14)20-16/h3-4,6-7,13,15-16H,2,5,8-12H2,1H3. The number of carbonyl (C=O) groups is 1. The van der Waals surface area contributed by atoms with E-state index in [1.807, 2.05) is 12.1 Å². The van der Waals surface area contributed by atoms with Crippen molar-refractivity contribution in [2.45, 2.75) is 58.0 Å². The van der Waals surface area contributed by atoms with Crippen molar-refractivity contribution in [3.63, 3.8) is 0 Å². The third-order valence-corrected chi connectivity index (χ3v) is 4.83. The van der Waals surface area contributed by atoms with Crippen LogP contribution in [0.4, 0.5) is 0 Å². The fourth-order valence-electron chi connectivity index (χ4n) is 3.80. The van der Waals surface area contributed by atoms with Crippen LogP contribution in [0.25, 0.3) is 0 Å². The maximum Gasteiger partial charge on any atom is 0.136 e. The highest BCUT2D eigenvalue weighted by Crippen LogP contribution is 2.36. The van der Waals surface area contributed by atoms with Crippen LogP contribution in [-0.2, 0) is 11.2 Å². The van der Waals surface area contributed by atoms with E-state index in [9.17, 15) is 4.79 Å². The van der Waals surface area contributed by atoms with Crippen molar-refractivity contribution in [3.05, 3.63) is 29.8 Å². The zero-order valence-corrected chi connectivity index (χ0v) is 12.3. The number of ketones is 1. The van der Waals surface area contributed by atoms with E-state index in [4.69, 9.17) is 4.74 Å². The number of hydrogen-bond acceptors (Lipinski definition) is 2. The van der Waals surface area contributed by atoms with Gasteiger partial charge in [-0.25, -0.2) is 0 Å². The van der Waals surface area contributed by atoms with E-state index < -0.39 is 0 Å². The molecule has 0 amide bonds. The Labute approximate surface area is 121 Å². The minimum atomic E-state index is 0.210. The molecule has 3 unspecified atom stereocenters. The van der Waals surface area contributed by atoms with Crippen molar-refractivity contribution in [2.75, 3.05) is 0 Å². The van der Waals surface area contributed by atoms with Gasteiger partial charge in [0.05, 0.1) is 0 Å². The zero-order chi connectivity index (χ0) is 13.9. The second kappa shape index (κ2) is 5.99. The molecule has 1 aromatic carbocycles. The van der Waals surface area contributed by atoms with Gasteiger partial charge in [-0.2, -0.15) is 0 Å². The van der Waals surface area contributed by atoms with Gasteiger partial charge in [-0.3, -0.25) is 4.79 Å². The lowest BCUT2D eigenvalue weighted by molar-refractivity contribution is -0.126. The molecule has 1 heterocycles. The minimum absolute atomic E-state index is 0.210. The first kappa shape index (κ1) is 13.7. The van der Waals surface area contributed by atoms with Gasteiger partial charge in [0.15, 0.2) is 0 Å². The van der Waals surface area contributed by atoms with Crippen molar-refractivity contribution in [1.29, 1.82) is 0 Å². The number of Topliss-reactive ketones (excluding diaryl/α,β-unsaturated/α-hetero) is 1. The molecule has 0 radical (unpaired) electrons. The van der Waals surface area contributed by atoms with Gasteiger partial charge >= 0.3 is 0 Å². The highest BCUT2D eigenvalue weighted by atomic mass is 16.5. The van der Waals surface area contributed by atoms with Crippen LogP contribution in [0, 0.1) is 11.8 Å². The molecule has 1 aromatic rings. The monoisotopic (exact) mass is 272 g/mol. The Morgan fingerprint density at radius 2 is 2.15 bits per heavy atom. The average Bonchev–Trinajstić information content (AvgIpc) is 2.85. The van der Waals surface area contributed by atoms with Crippen molar-refractivity contribution >= 4 is 5.78 Å². The zero-order valence-electron chi connectivity index (χ0n) is 12.3. The first-order valence-electron chi connectivity index (χ1n) is 8.03. The van der Waals surface area contributed by atoms with Gasteiger partial charge in [-0.05, 0) is 36.8 Å². The summed E-state index contributed by atoms with van der Waals surface area (Å²) in [5.41, 5.74) is 1.30. The van der Waals surface area contributed by atoms with Crippen LogP contribution in [0.1, 0.15) is 51.0 Å². The molecule has 0 saturated heterocycles. The molecule has 1 saturated carbocycles. The van der Waals surface area contributed by atoms with Crippen LogP contribution in [0.5, 0.6) is 5.75 Å². The summed E-state index contributed by atoms with van der Waals surface area (Å²) in [5, 5.41) is 0. The first-order chi connectivity index (χ1) is 9.76. The molecule has 2 nitrogen and oxygen atoms in total. The molecule has 2 aliphatic rings. The normalized spacial score (nSPS) is 29.1. The van der Waals surface area contributed by atoms with Crippen LogP contribution in [0.15, 0.2) is 24.3 Å². The summed E-state index contributed by atoms with van der Waals surface area (Å²) >= 11 is 0. The lowest BCUT2D eigenvalue weighted by Gasteiger charge is -2.29. The van der Waals surface area contributed by atoms with Gasteiger partial charge in [0.25, 0.3) is 0 Å². The molecule has 108 valence electrons. The summed E-state index contributed by atoms with van der Waals surface area (Å²) in [6, 6.07) is 8.26. The van der Waals surface area contributed by atoms with E-state index in [0.29, 0.717) is 5.78 Å². The molecular formula is C18H24O2. The predicted octanol–water partition coefficient (Wildman–Crippen LogP) is 4.17. The fraction of sp³-hybridized carbons (Fsp3) is 0.611. The summed E-state index contributed by atoms with van der Waals surface area (Å²) in [4.78, 5) is 12.1. The molecular weight excluding hydrogens is 248 g/mol. The molecule has 3 atom stereocenters. The van der Waals surface area contributed by atoms with Crippen LogP contribution in [0.2, 0.25) is 0 Å². The van der Waals surface area contributed by atoms with Crippen molar-refractivity contribution < 1.29 is 9.53 Å². The lowest BCUT2D eigenvalue weighted by atomic mass is 9.76. The number of fused-ring (bicyclic) bond motifs is 1. The maximum absolute atomic E-state index is 12.1. The van der Waals surface area contributed by atoms with Crippen LogP contribution in [0.3, 0.4) is 0 Å². The summed E-state index contributed by atoms with van der Waals surface area (Å²) in [5.74, 6) is 2.48. The molecule has 0 spiro atoms.